The first-order chi connectivity index (χ1) is 8.66. The Balaban J connectivity index is 1.88. The van der Waals surface area contributed by atoms with Gasteiger partial charge in [0.2, 0.25) is 0 Å². The van der Waals surface area contributed by atoms with Gasteiger partial charge in [0.1, 0.15) is 0 Å². The van der Waals surface area contributed by atoms with Gasteiger partial charge in [-0.15, -0.1) is 0 Å². The minimum absolute atomic E-state index is 0.0527. The van der Waals surface area contributed by atoms with Crippen LogP contribution in [0.1, 0.15) is 15.9 Å². The Labute approximate surface area is 115 Å². The number of hydrogen-bond donors (Lipinski definition) is 2. The Morgan fingerprint density at radius 3 is 3.11 bits per heavy atom. The minimum Gasteiger partial charge on any atom is -0.378 e. The lowest BCUT2D eigenvalue weighted by atomic mass is 10.1. The van der Waals surface area contributed by atoms with Gasteiger partial charge < -0.3 is 15.4 Å². The van der Waals surface area contributed by atoms with E-state index in [1.807, 2.05) is 25.1 Å². The smallest absolute Gasteiger partial charge is 0.251 e. The van der Waals surface area contributed by atoms with Crippen LogP contribution in [0, 0.1) is 6.92 Å². The molecule has 1 saturated heterocycles. The lowest BCUT2D eigenvalue weighted by Gasteiger charge is -2.23. The number of aryl methyl sites for hydroxylation is 1. The van der Waals surface area contributed by atoms with E-state index < -0.39 is 0 Å². The molecule has 1 aliphatic rings. The molecule has 0 aromatic heterocycles. The van der Waals surface area contributed by atoms with Crippen molar-refractivity contribution >= 4 is 21.8 Å². The Bertz CT molecular complexity index is 431. The number of carbonyl (C=O) groups excluding carboxylic acids is 1. The number of ether oxygens (including phenoxy) is 1. The van der Waals surface area contributed by atoms with Crippen LogP contribution in [0.15, 0.2) is 22.7 Å². The van der Waals surface area contributed by atoms with Crippen molar-refractivity contribution in [1.29, 1.82) is 0 Å². The molecule has 18 heavy (non-hydrogen) atoms. The standard InChI is InChI=1S/C13H17BrN2O2/c1-9-2-3-10(6-12(9)14)13(17)16-7-11-8-18-5-4-15-11/h2-3,6,11,15H,4-5,7-8H2,1H3,(H,16,17). The van der Waals surface area contributed by atoms with Crippen LogP contribution in [-0.2, 0) is 4.74 Å². The second-order valence-corrected chi connectivity index (χ2v) is 5.25. The molecule has 4 nitrogen and oxygen atoms in total. The van der Waals surface area contributed by atoms with Crippen molar-refractivity contribution in [3.63, 3.8) is 0 Å². The summed E-state index contributed by atoms with van der Waals surface area (Å²) in [5, 5.41) is 6.21. The summed E-state index contributed by atoms with van der Waals surface area (Å²) in [7, 11) is 0. The second kappa shape index (κ2) is 6.31. The fraction of sp³-hybridized carbons (Fsp3) is 0.462. The van der Waals surface area contributed by atoms with Crippen molar-refractivity contribution in [2.45, 2.75) is 13.0 Å². The van der Waals surface area contributed by atoms with Gasteiger partial charge in [0.25, 0.3) is 5.91 Å². The van der Waals surface area contributed by atoms with E-state index in [2.05, 4.69) is 26.6 Å². The van der Waals surface area contributed by atoms with Crippen molar-refractivity contribution in [2.75, 3.05) is 26.3 Å². The maximum atomic E-state index is 12.0. The van der Waals surface area contributed by atoms with E-state index in [9.17, 15) is 4.79 Å². The Morgan fingerprint density at radius 2 is 2.44 bits per heavy atom. The molecule has 2 rings (SSSR count). The summed E-state index contributed by atoms with van der Waals surface area (Å²) >= 11 is 3.43. The summed E-state index contributed by atoms with van der Waals surface area (Å²) in [6.07, 6.45) is 0. The van der Waals surface area contributed by atoms with E-state index in [-0.39, 0.29) is 11.9 Å². The predicted octanol–water partition coefficient (Wildman–Crippen LogP) is 1.48. The normalized spacial score (nSPS) is 19.6. The number of amides is 1. The Kier molecular flexibility index (Phi) is 4.74. The molecule has 1 unspecified atom stereocenters. The van der Waals surface area contributed by atoms with Gasteiger partial charge in [0.15, 0.2) is 0 Å². The lowest BCUT2D eigenvalue weighted by Crippen LogP contribution is -2.48. The number of nitrogens with one attached hydrogen (secondary N) is 2. The monoisotopic (exact) mass is 312 g/mol. The summed E-state index contributed by atoms with van der Waals surface area (Å²) in [4.78, 5) is 12.0. The van der Waals surface area contributed by atoms with Gasteiger partial charge in [0.05, 0.1) is 13.2 Å². The fourth-order valence-corrected chi connectivity index (χ4v) is 2.18. The zero-order chi connectivity index (χ0) is 13.0. The van der Waals surface area contributed by atoms with Gasteiger partial charge in [-0.05, 0) is 24.6 Å². The van der Waals surface area contributed by atoms with Gasteiger partial charge in [0, 0.05) is 29.2 Å². The highest BCUT2D eigenvalue weighted by Crippen LogP contribution is 2.17. The molecular weight excluding hydrogens is 296 g/mol. The number of halogens is 1. The maximum Gasteiger partial charge on any atom is 0.251 e. The first kappa shape index (κ1) is 13.5. The summed E-state index contributed by atoms with van der Waals surface area (Å²) in [5.41, 5.74) is 1.79. The highest BCUT2D eigenvalue weighted by atomic mass is 79.9. The molecule has 1 aliphatic heterocycles. The fourth-order valence-electron chi connectivity index (χ4n) is 1.80. The largest absolute Gasteiger partial charge is 0.378 e. The molecule has 1 aromatic carbocycles. The van der Waals surface area contributed by atoms with Crippen LogP contribution in [0.25, 0.3) is 0 Å². The minimum atomic E-state index is -0.0527. The molecule has 5 heteroatoms. The molecule has 1 amide bonds. The first-order valence-electron chi connectivity index (χ1n) is 6.02. The van der Waals surface area contributed by atoms with E-state index in [1.54, 1.807) is 0 Å². The first-order valence-corrected chi connectivity index (χ1v) is 6.81. The molecule has 0 spiro atoms. The third kappa shape index (κ3) is 3.54. The molecule has 1 heterocycles. The van der Waals surface area contributed by atoms with Gasteiger partial charge in [-0.3, -0.25) is 4.79 Å². The van der Waals surface area contributed by atoms with Gasteiger partial charge in [-0.2, -0.15) is 0 Å². The third-order valence-corrected chi connectivity index (χ3v) is 3.80. The highest BCUT2D eigenvalue weighted by molar-refractivity contribution is 9.10. The molecular formula is C13H17BrN2O2. The SMILES string of the molecule is Cc1ccc(C(=O)NCC2COCCN2)cc1Br. The van der Waals surface area contributed by atoms with Gasteiger partial charge in [-0.25, -0.2) is 0 Å². The van der Waals surface area contributed by atoms with Crippen LogP contribution >= 0.6 is 15.9 Å². The molecule has 1 fully saturated rings. The predicted molar refractivity (Wildman–Crippen MR) is 73.8 cm³/mol. The zero-order valence-electron chi connectivity index (χ0n) is 10.3. The zero-order valence-corrected chi connectivity index (χ0v) is 11.9. The average molecular weight is 313 g/mol. The van der Waals surface area contributed by atoms with E-state index in [0.717, 1.165) is 23.2 Å². The molecule has 0 radical (unpaired) electrons. The summed E-state index contributed by atoms with van der Waals surface area (Å²) in [6, 6.07) is 5.81. The number of morpholine rings is 1. The highest BCUT2D eigenvalue weighted by Gasteiger charge is 2.14. The average Bonchev–Trinajstić information content (AvgIpc) is 2.40. The van der Waals surface area contributed by atoms with E-state index in [0.29, 0.717) is 18.7 Å². The van der Waals surface area contributed by atoms with E-state index >= 15 is 0 Å². The molecule has 98 valence electrons. The Hall–Kier alpha value is -0.910. The van der Waals surface area contributed by atoms with Crippen LogP contribution in [0.2, 0.25) is 0 Å². The summed E-state index contributed by atoms with van der Waals surface area (Å²) in [6.45, 7) is 4.82. The molecule has 2 N–H and O–H groups in total. The van der Waals surface area contributed by atoms with Crippen molar-refractivity contribution in [1.82, 2.24) is 10.6 Å². The van der Waals surface area contributed by atoms with Crippen LogP contribution in [0.4, 0.5) is 0 Å². The van der Waals surface area contributed by atoms with Gasteiger partial charge in [-0.1, -0.05) is 22.0 Å². The number of rotatable bonds is 3. The molecule has 0 aliphatic carbocycles. The van der Waals surface area contributed by atoms with E-state index in [1.165, 1.54) is 0 Å². The van der Waals surface area contributed by atoms with Crippen molar-refractivity contribution in [3.05, 3.63) is 33.8 Å². The van der Waals surface area contributed by atoms with Crippen molar-refractivity contribution < 1.29 is 9.53 Å². The van der Waals surface area contributed by atoms with Crippen molar-refractivity contribution in [2.24, 2.45) is 0 Å². The number of carbonyl (C=O) groups is 1. The van der Waals surface area contributed by atoms with Crippen LogP contribution in [0.5, 0.6) is 0 Å². The Morgan fingerprint density at radius 1 is 1.61 bits per heavy atom. The maximum absolute atomic E-state index is 12.0. The summed E-state index contributed by atoms with van der Waals surface area (Å²) in [5.74, 6) is -0.0527. The van der Waals surface area contributed by atoms with E-state index in [4.69, 9.17) is 4.74 Å². The summed E-state index contributed by atoms with van der Waals surface area (Å²) < 4.78 is 6.29. The second-order valence-electron chi connectivity index (χ2n) is 4.40. The van der Waals surface area contributed by atoms with Crippen LogP contribution in [0.3, 0.4) is 0 Å². The number of benzene rings is 1. The van der Waals surface area contributed by atoms with Gasteiger partial charge >= 0.3 is 0 Å². The third-order valence-electron chi connectivity index (χ3n) is 2.94. The number of hydrogen-bond acceptors (Lipinski definition) is 3. The van der Waals surface area contributed by atoms with Crippen molar-refractivity contribution in [3.8, 4) is 0 Å². The topological polar surface area (TPSA) is 50.4 Å². The lowest BCUT2D eigenvalue weighted by molar-refractivity contribution is 0.0734. The van der Waals surface area contributed by atoms with Crippen LogP contribution < -0.4 is 10.6 Å². The molecule has 0 bridgehead atoms. The quantitative estimate of drug-likeness (QED) is 0.889. The molecule has 0 saturated carbocycles. The molecule has 1 aromatic rings. The molecule has 1 atom stereocenters. The van der Waals surface area contributed by atoms with Crippen LogP contribution in [-0.4, -0.2) is 38.3 Å².